The fraction of sp³-hybridized carbons (Fsp3) is 0.588. The van der Waals surface area contributed by atoms with Gasteiger partial charge in [-0.15, -0.1) is 10.2 Å². The van der Waals surface area contributed by atoms with Crippen molar-refractivity contribution in [2.75, 3.05) is 26.7 Å². The van der Waals surface area contributed by atoms with Crippen LogP contribution in [0.2, 0.25) is 0 Å². The zero-order valence-corrected chi connectivity index (χ0v) is 14.5. The van der Waals surface area contributed by atoms with E-state index in [4.69, 9.17) is 4.74 Å². The largest absolute Gasteiger partial charge is 0.464 e. The van der Waals surface area contributed by atoms with Crippen LogP contribution in [-0.4, -0.2) is 57.4 Å². The molecule has 25 heavy (non-hydrogen) atoms. The fourth-order valence-corrected chi connectivity index (χ4v) is 3.77. The van der Waals surface area contributed by atoms with E-state index in [1.165, 1.54) is 7.11 Å². The molecule has 0 unspecified atom stereocenters. The maximum atomic E-state index is 11.5. The van der Waals surface area contributed by atoms with Crippen LogP contribution < -0.4 is 5.32 Å². The lowest BCUT2D eigenvalue weighted by molar-refractivity contribution is 0.0594. The summed E-state index contributed by atoms with van der Waals surface area (Å²) in [5.41, 5.74) is 1.56. The number of esters is 1. The maximum absolute atomic E-state index is 11.5. The molecule has 2 aromatic heterocycles. The number of aromatic nitrogens is 4. The predicted octanol–water partition coefficient (Wildman–Crippen LogP) is 0.876. The van der Waals surface area contributed by atoms with Crippen molar-refractivity contribution in [1.29, 1.82) is 0 Å². The van der Waals surface area contributed by atoms with Gasteiger partial charge in [0.2, 0.25) is 0 Å². The number of piperidine rings is 1. The van der Waals surface area contributed by atoms with Crippen LogP contribution in [0, 0.1) is 0 Å². The molecule has 0 aliphatic carbocycles. The Morgan fingerprint density at radius 2 is 2.12 bits per heavy atom. The van der Waals surface area contributed by atoms with Gasteiger partial charge in [-0.1, -0.05) is 0 Å². The molecule has 4 heterocycles. The molecule has 0 aromatic carbocycles. The lowest BCUT2D eigenvalue weighted by Gasteiger charge is -2.31. The lowest BCUT2D eigenvalue weighted by Crippen LogP contribution is -2.34. The Bertz CT molecular complexity index is 744. The molecule has 0 saturated carbocycles. The molecule has 0 amide bonds. The number of hydrogen-bond donors (Lipinski definition) is 2. The maximum Gasteiger partial charge on any atom is 0.354 e. The number of H-pyrrole nitrogens is 1. The van der Waals surface area contributed by atoms with Crippen LogP contribution in [0.5, 0.6) is 0 Å². The summed E-state index contributed by atoms with van der Waals surface area (Å²) in [5.74, 6) is 2.38. The second kappa shape index (κ2) is 6.97. The molecule has 4 rings (SSSR count). The van der Waals surface area contributed by atoms with E-state index in [0.29, 0.717) is 11.6 Å². The van der Waals surface area contributed by atoms with Crippen molar-refractivity contribution < 1.29 is 9.53 Å². The van der Waals surface area contributed by atoms with Gasteiger partial charge in [-0.2, -0.15) is 0 Å². The number of methoxy groups -OCH3 is 1. The number of ether oxygens (including phenoxy) is 1. The second-order valence-corrected chi connectivity index (χ2v) is 6.74. The number of nitrogens with one attached hydrogen (secondary N) is 2. The highest BCUT2D eigenvalue weighted by molar-refractivity contribution is 5.87. The van der Waals surface area contributed by atoms with Gasteiger partial charge in [0.1, 0.15) is 17.3 Å². The van der Waals surface area contributed by atoms with E-state index in [2.05, 4.69) is 30.0 Å². The van der Waals surface area contributed by atoms with E-state index in [1.54, 1.807) is 6.07 Å². The van der Waals surface area contributed by atoms with Gasteiger partial charge in [-0.3, -0.25) is 4.90 Å². The molecular weight excluding hydrogens is 320 g/mol. The van der Waals surface area contributed by atoms with Crippen LogP contribution in [0.1, 0.15) is 46.6 Å². The SMILES string of the molecule is COC(=O)c1ccc(CN2CCC(c3nnc4n3CCNC4)CC2)[nH]1. The van der Waals surface area contributed by atoms with Gasteiger partial charge in [-0.05, 0) is 38.1 Å². The van der Waals surface area contributed by atoms with Gasteiger partial charge < -0.3 is 19.6 Å². The van der Waals surface area contributed by atoms with Gasteiger partial charge in [0.05, 0.1) is 13.7 Å². The minimum atomic E-state index is -0.323. The summed E-state index contributed by atoms with van der Waals surface area (Å²) in [6.07, 6.45) is 2.19. The molecule has 2 aromatic rings. The summed E-state index contributed by atoms with van der Waals surface area (Å²) < 4.78 is 7.03. The Morgan fingerprint density at radius 1 is 1.28 bits per heavy atom. The minimum Gasteiger partial charge on any atom is -0.464 e. The first-order valence-corrected chi connectivity index (χ1v) is 8.86. The Hall–Kier alpha value is -2.19. The van der Waals surface area contributed by atoms with Gasteiger partial charge in [0.15, 0.2) is 0 Å². The first kappa shape index (κ1) is 16.3. The molecular formula is C17H24N6O2. The Morgan fingerprint density at radius 3 is 2.92 bits per heavy atom. The lowest BCUT2D eigenvalue weighted by atomic mass is 9.95. The van der Waals surface area contributed by atoms with Crippen LogP contribution in [0.15, 0.2) is 12.1 Å². The summed E-state index contributed by atoms with van der Waals surface area (Å²) in [6.45, 7) is 5.66. The van der Waals surface area contributed by atoms with E-state index in [-0.39, 0.29) is 5.97 Å². The Labute approximate surface area is 146 Å². The number of carbonyl (C=O) groups is 1. The number of likely N-dealkylation sites (tertiary alicyclic amines) is 1. The van der Waals surface area contributed by atoms with Crippen molar-refractivity contribution >= 4 is 5.97 Å². The van der Waals surface area contributed by atoms with Gasteiger partial charge in [0.25, 0.3) is 0 Å². The third-order valence-corrected chi connectivity index (χ3v) is 5.15. The fourth-order valence-electron chi connectivity index (χ4n) is 3.77. The second-order valence-electron chi connectivity index (χ2n) is 6.74. The first-order valence-electron chi connectivity index (χ1n) is 8.86. The van der Waals surface area contributed by atoms with Crippen LogP contribution in [0.25, 0.3) is 0 Å². The number of carbonyl (C=O) groups excluding carboxylic acids is 1. The number of hydrogen-bond acceptors (Lipinski definition) is 6. The Balaban J connectivity index is 1.35. The number of rotatable bonds is 4. The van der Waals surface area contributed by atoms with Crippen molar-refractivity contribution in [3.63, 3.8) is 0 Å². The summed E-state index contributed by atoms with van der Waals surface area (Å²) in [6, 6.07) is 3.74. The van der Waals surface area contributed by atoms with Crippen molar-refractivity contribution in [2.45, 2.75) is 38.4 Å². The van der Waals surface area contributed by atoms with Crippen LogP contribution in [0.4, 0.5) is 0 Å². The zero-order valence-electron chi connectivity index (χ0n) is 14.5. The van der Waals surface area contributed by atoms with Crippen LogP contribution in [0.3, 0.4) is 0 Å². The molecule has 8 nitrogen and oxygen atoms in total. The summed E-state index contributed by atoms with van der Waals surface area (Å²) in [7, 11) is 1.40. The third-order valence-electron chi connectivity index (χ3n) is 5.15. The van der Waals surface area contributed by atoms with Crippen LogP contribution >= 0.6 is 0 Å². The number of nitrogens with zero attached hydrogens (tertiary/aromatic N) is 4. The van der Waals surface area contributed by atoms with Crippen LogP contribution in [-0.2, 0) is 24.4 Å². The average Bonchev–Trinajstić information content (AvgIpc) is 3.29. The predicted molar refractivity (Wildman–Crippen MR) is 91.1 cm³/mol. The molecule has 2 aliphatic heterocycles. The molecule has 0 radical (unpaired) electrons. The van der Waals surface area contributed by atoms with E-state index < -0.39 is 0 Å². The molecule has 134 valence electrons. The molecule has 2 N–H and O–H groups in total. The smallest absolute Gasteiger partial charge is 0.354 e. The van der Waals surface area contributed by atoms with Crippen molar-refractivity contribution in [3.05, 3.63) is 35.2 Å². The molecule has 0 bridgehead atoms. The normalized spacial score (nSPS) is 18.9. The van der Waals surface area contributed by atoms with Crippen molar-refractivity contribution in [1.82, 2.24) is 30.0 Å². The average molecular weight is 344 g/mol. The quantitative estimate of drug-likeness (QED) is 0.801. The monoisotopic (exact) mass is 344 g/mol. The molecule has 1 saturated heterocycles. The molecule has 8 heteroatoms. The highest BCUT2D eigenvalue weighted by Crippen LogP contribution is 2.28. The topological polar surface area (TPSA) is 88.1 Å². The molecule has 0 spiro atoms. The number of fused-ring (bicyclic) bond motifs is 1. The summed E-state index contributed by atoms with van der Waals surface area (Å²) in [4.78, 5) is 17.1. The van der Waals surface area contributed by atoms with Gasteiger partial charge >= 0.3 is 5.97 Å². The third kappa shape index (κ3) is 3.32. The summed E-state index contributed by atoms with van der Waals surface area (Å²) in [5, 5.41) is 12.1. The molecule has 0 atom stereocenters. The number of aromatic amines is 1. The van der Waals surface area contributed by atoms with Crippen molar-refractivity contribution in [2.24, 2.45) is 0 Å². The van der Waals surface area contributed by atoms with Gasteiger partial charge in [0, 0.05) is 31.2 Å². The molecule has 1 fully saturated rings. The highest BCUT2D eigenvalue weighted by atomic mass is 16.5. The van der Waals surface area contributed by atoms with E-state index in [9.17, 15) is 4.79 Å². The molecule has 2 aliphatic rings. The Kier molecular flexibility index (Phi) is 4.54. The first-order chi connectivity index (χ1) is 12.2. The van der Waals surface area contributed by atoms with E-state index >= 15 is 0 Å². The van der Waals surface area contributed by atoms with Crippen molar-refractivity contribution in [3.8, 4) is 0 Å². The summed E-state index contributed by atoms with van der Waals surface area (Å²) >= 11 is 0. The van der Waals surface area contributed by atoms with Gasteiger partial charge in [-0.25, -0.2) is 4.79 Å². The van der Waals surface area contributed by atoms with E-state index in [0.717, 1.165) is 69.5 Å². The minimum absolute atomic E-state index is 0.323. The standard InChI is InChI=1S/C17H24N6O2/c1-25-17(24)14-3-2-13(19-14)11-22-7-4-12(5-8-22)16-21-20-15-10-18-6-9-23(15)16/h2-3,12,18-19H,4-11H2,1H3. The highest BCUT2D eigenvalue weighted by Gasteiger charge is 2.27. The van der Waals surface area contributed by atoms with E-state index in [1.807, 2.05) is 6.07 Å². The zero-order chi connectivity index (χ0) is 17.2.